The standard InChI is InChI=1S/C56H104O9/c1-3-5-7-9-11-13-15-17-19-21-23-24-25-26-27-29-31-33-35-37-39-41-43-45-52(58)64-50(49-63-56-55(61)54(60)53(59)51(47-57)65-56)48-62-46-44-42-40-38-36-34-32-30-28-22-20-18-16-14-12-10-8-6-4-2/h15,17,21,23,25-26,50-51,53-57,59-61H,3-14,16,18-20,22,24,27-49H2,1-2H3/b17-15-,23-21-,26-25-. The fourth-order valence-corrected chi connectivity index (χ4v) is 8.50. The average molecular weight is 921 g/mol. The van der Waals surface area contributed by atoms with Gasteiger partial charge >= 0.3 is 5.97 Å². The molecule has 6 unspecified atom stereocenters. The summed E-state index contributed by atoms with van der Waals surface area (Å²) in [6, 6.07) is 0. The molecule has 1 rings (SSSR count). The Morgan fingerprint density at radius 3 is 1.34 bits per heavy atom. The third-order valence-electron chi connectivity index (χ3n) is 12.8. The maximum atomic E-state index is 12.9. The fourth-order valence-electron chi connectivity index (χ4n) is 8.50. The van der Waals surface area contributed by atoms with E-state index in [4.69, 9.17) is 18.9 Å². The van der Waals surface area contributed by atoms with Gasteiger partial charge in [0.1, 0.15) is 30.5 Å². The van der Waals surface area contributed by atoms with Crippen molar-refractivity contribution in [3.8, 4) is 0 Å². The van der Waals surface area contributed by atoms with E-state index in [-0.39, 0.29) is 19.2 Å². The minimum Gasteiger partial charge on any atom is -0.457 e. The van der Waals surface area contributed by atoms with Crippen LogP contribution in [0.2, 0.25) is 0 Å². The summed E-state index contributed by atoms with van der Waals surface area (Å²) in [5.74, 6) is -0.316. The molecular formula is C56H104O9. The maximum absolute atomic E-state index is 12.9. The molecule has 9 nitrogen and oxygen atoms in total. The highest BCUT2D eigenvalue weighted by Gasteiger charge is 2.44. The quantitative estimate of drug-likeness (QED) is 0.0267. The second-order valence-electron chi connectivity index (χ2n) is 19.0. The van der Waals surface area contributed by atoms with Crippen molar-refractivity contribution < 1.29 is 44.2 Å². The summed E-state index contributed by atoms with van der Waals surface area (Å²) < 4.78 is 22.9. The molecule has 0 bridgehead atoms. The number of hydrogen-bond acceptors (Lipinski definition) is 9. The van der Waals surface area contributed by atoms with Gasteiger partial charge in [0.15, 0.2) is 6.29 Å². The Morgan fingerprint density at radius 2 is 0.892 bits per heavy atom. The first-order valence-corrected chi connectivity index (χ1v) is 27.6. The van der Waals surface area contributed by atoms with Crippen LogP contribution in [0.3, 0.4) is 0 Å². The molecule has 9 heteroatoms. The van der Waals surface area contributed by atoms with Gasteiger partial charge < -0.3 is 39.4 Å². The van der Waals surface area contributed by atoms with Crippen LogP contribution in [-0.2, 0) is 23.7 Å². The minimum absolute atomic E-state index is 0.113. The van der Waals surface area contributed by atoms with Crippen molar-refractivity contribution in [1.29, 1.82) is 0 Å². The van der Waals surface area contributed by atoms with Crippen LogP contribution in [0.4, 0.5) is 0 Å². The van der Waals surface area contributed by atoms with E-state index < -0.39 is 43.4 Å². The lowest BCUT2D eigenvalue weighted by molar-refractivity contribution is -0.305. The number of rotatable bonds is 48. The van der Waals surface area contributed by atoms with E-state index in [0.29, 0.717) is 13.0 Å². The van der Waals surface area contributed by atoms with E-state index in [1.807, 2.05) is 0 Å². The Balaban J connectivity index is 2.18. The van der Waals surface area contributed by atoms with Gasteiger partial charge in [0.05, 0.1) is 19.8 Å². The molecule has 1 saturated heterocycles. The largest absolute Gasteiger partial charge is 0.457 e. The minimum atomic E-state index is -1.54. The predicted molar refractivity (Wildman–Crippen MR) is 270 cm³/mol. The highest BCUT2D eigenvalue weighted by atomic mass is 16.7. The molecule has 65 heavy (non-hydrogen) atoms. The Kier molecular flexibility index (Phi) is 44.9. The molecule has 1 aliphatic rings. The Labute approximate surface area is 400 Å². The van der Waals surface area contributed by atoms with Crippen LogP contribution in [0.15, 0.2) is 36.5 Å². The molecule has 0 saturated carbocycles. The topological polar surface area (TPSA) is 135 Å². The second-order valence-corrected chi connectivity index (χ2v) is 19.0. The molecular weight excluding hydrogens is 817 g/mol. The number of aliphatic hydroxyl groups is 4. The van der Waals surface area contributed by atoms with Gasteiger partial charge in [0.2, 0.25) is 0 Å². The molecule has 1 heterocycles. The van der Waals surface area contributed by atoms with Crippen LogP contribution >= 0.6 is 0 Å². The van der Waals surface area contributed by atoms with Crippen molar-refractivity contribution in [2.75, 3.05) is 26.4 Å². The Hall–Kier alpha value is -1.59. The Bertz CT molecular complexity index is 1090. The van der Waals surface area contributed by atoms with E-state index in [0.717, 1.165) is 51.4 Å². The van der Waals surface area contributed by atoms with Gasteiger partial charge in [-0.1, -0.05) is 230 Å². The monoisotopic (exact) mass is 921 g/mol. The second kappa shape index (κ2) is 47.5. The summed E-state index contributed by atoms with van der Waals surface area (Å²) in [6.45, 7) is 4.59. The van der Waals surface area contributed by atoms with Crippen molar-refractivity contribution in [2.24, 2.45) is 0 Å². The highest BCUT2D eigenvalue weighted by Crippen LogP contribution is 2.23. The summed E-state index contributed by atoms with van der Waals surface area (Å²) in [5, 5.41) is 40.3. The number of carbonyl (C=O) groups is 1. The van der Waals surface area contributed by atoms with Crippen LogP contribution < -0.4 is 0 Å². The lowest BCUT2D eigenvalue weighted by Crippen LogP contribution is -2.59. The lowest BCUT2D eigenvalue weighted by Gasteiger charge is -2.39. The van der Waals surface area contributed by atoms with Crippen LogP contribution in [0.5, 0.6) is 0 Å². The lowest BCUT2D eigenvalue weighted by atomic mass is 9.99. The van der Waals surface area contributed by atoms with Crippen molar-refractivity contribution in [3.05, 3.63) is 36.5 Å². The molecule has 6 atom stereocenters. The molecule has 0 radical (unpaired) electrons. The smallest absolute Gasteiger partial charge is 0.306 e. The zero-order valence-corrected chi connectivity index (χ0v) is 42.2. The van der Waals surface area contributed by atoms with Crippen molar-refractivity contribution in [3.63, 3.8) is 0 Å². The van der Waals surface area contributed by atoms with Gasteiger partial charge in [-0.3, -0.25) is 4.79 Å². The zero-order valence-electron chi connectivity index (χ0n) is 42.2. The van der Waals surface area contributed by atoms with Crippen molar-refractivity contribution in [1.82, 2.24) is 0 Å². The Morgan fingerprint density at radius 1 is 0.492 bits per heavy atom. The number of unbranched alkanes of at least 4 members (excludes halogenated alkanes) is 31. The van der Waals surface area contributed by atoms with Crippen molar-refractivity contribution >= 4 is 5.97 Å². The maximum Gasteiger partial charge on any atom is 0.306 e. The van der Waals surface area contributed by atoms with Gasteiger partial charge in [-0.05, 0) is 51.4 Å². The number of hydrogen-bond donors (Lipinski definition) is 4. The number of carbonyl (C=O) groups excluding carboxylic acids is 1. The van der Waals surface area contributed by atoms with Crippen LogP contribution in [0.25, 0.3) is 0 Å². The van der Waals surface area contributed by atoms with Gasteiger partial charge in [-0.2, -0.15) is 0 Å². The third kappa shape index (κ3) is 38.0. The number of ether oxygens (including phenoxy) is 4. The third-order valence-corrected chi connectivity index (χ3v) is 12.8. The van der Waals surface area contributed by atoms with E-state index in [1.54, 1.807) is 0 Å². The average Bonchev–Trinajstić information content (AvgIpc) is 3.31. The molecule has 1 aliphatic heterocycles. The van der Waals surface area contributed by atoms with Crippen LogP contribution in [0, 0.1) is 0 Å². The van der Waals surface area contributed by atoms with E-state index in [9.17, 15) is 25.2 Å². The first kappa shape index (κ1) is 61.4. The first-order chi connectivity index (χ1) is 31.9. The normalized spacial score (nSPS) is 19.6. The van der Waals surface area contributed by atoms with Crippen molar-refractivity contribution in [2.45, 2.75) is 288 Å². The zero-order chi connectivity index (χ0) is 47.1. The van der Waals surface area contributed by atoms with Gasteiger partial charge in [0.25, 0.3) is 0 Å². The molecule has 4 N–H and O–H groups in total. The molecule has 382 valence electrons. The predicted octanol–water partition coefficient (Wildman–Crippen LogP) is 13.9. The van der Waals surface area contributed by atoms with Gasteiger partial charge in [-0.25, -0.2) is 0 Å². The summed E-state index contributed by atoms with van der Waals surface area (Å²) >= 11 is 0. The van der Waals surface area contributed by atoms with Crippen LogP contribution in [-0.4, -0.2) is 89.6 Å². The highest BCUT2D eigenvalue weighted by molar-refractivity contribution is 5.69. The summed E-state index contributed by atoms with van der Waals surface area (Å²) in [6.07, 6.45) is 51.8. The molecule has 0 aromatic rings. The molecule has 0 amide bonds. The number of allylic oxidation sites excluding steroid dienone is 6. The van der Waals surface area contributed by atoms with E-state index in [1.165, 1.54) is 180 Å². The summed E-state index contributed by atoms with van der Waals surface area (Å²) in [7, 11) is 0. The summed E-state index contributed by atoms with van der Waals surface area (Å²) in [5.41, 5.74) is 0. The van der Waals surface area contributed by atoms with Crippen LogP contribution in [0.1, 0.15) is 251 Å². The molecule has 0 aliphatic carbocycles. The summed E-state index contributed by atoms with van der Waals surface area (Å²) in [4.78, 5) is 12.9. The number of aliphatic hydroxyl groups excluding tert-OH is 4. The molecule has 0 spiro atoms. The fraction of sp³-hybridized carbons (Fsp3) is 0.875. The molecule has 1 fully saturated rings. The number of esters is 1. The van der Waals surface area contributed by atoms with Gasteiger partial charge in [-0.15, -0.1) is 0 Å². The SMILES string of the molecule is CCCCCCC/C=C\C/C=C\C/C=C\CCCCCCCCCCC(=O)OC(COCCCCCCCCCCCCCCCCCCCCC)COC1OC(CO)C(O)C(O)C1O. The van der Waals surface area contributed by atoms with Gasteiger partial charge in [0, 0.05) is 13.0 Å². The molecule has 0 aromatic carbocycles. The first-order valence-electron chi connectivity index (χ1n) is 27.6. The van der Waals surface area contributed by atoms with E-state index >= 15 is 0 Å². The molecule has 0 aromatic heterocycles. The van der Waals surface area contributed by atoms with E-state index in [2.05, 4.69) is 50.3 Å².